The molecule has 1 nitrogen and oxygen atoms in total. The summed E-state index contributed by atoms with van der Waals surface area (Å²) in [6.45, 7) is 2.41. The van der Waals surface area contributed by atoms with Crippen LogP contribution in [0.1, 0.15) is 11.1 Å². The number of benzene rings is 2. The molecule has 2 aromatic carbocycles. The van der Waals surface area contributed by atoms with Gasteiger partial charge < -0.3 is 5.32 Å². The van der Waals surface area contributed by atoms with Crippen LogP contribution in [0.25, 0.3) is 0 Å². The fraction of sp³-hybridized carbons (Fsp3) is 0.143. The summed E-state index contributed by atoms with van der Waals surface area (Å²) in [4.78, 5) is 0. The predicted molar refractivity (Wildman–Crippen MR) is 77.6 cm³/mol. The van der Waals surface area contributed by atoms with Crippen molar-refractivity contribution in [1.29, 1.82) is 0 Å². The van der Waals surface area contributed by atoms with Gasteiger partial charge in [-0.15, -0.1) is 0 Å². The molecule has 2 aromatic rings. The number of nitrogens with one attached hydrogen (secondary N) is 1. The van der Waals surface area contributed by atoms with Crippen LogP contribution in [0.4, 0.5) is 10.1 Å². The van der Waals surface area contributed by atoms with Gasteiger partial charge in [0.05, 0.1) is 5.02 Å². The Balaban J connectivity index is 2.16. The lowest BCUT2D eigenvalue weighted by molar-refractivity contribution is 0.613. The summed E-state index contributed by atoms with van der Waals surface area (Å²) in [6, 6.07) is 11.0. The second kappa shape index (κ2) is 5.72. The fourth-order valence-corrected chi connectivity index (χ4v) is 2.23. The highest BCUT2D eigenvalue weighted by molar-refractivity contribution is 9.10. The first-order valence-corrected chi connectivity index (χ1v) is 6.68. The van der Waals surface area contributed by atoms with E-state index >= 15 is 0 Å². The van der Waals surface area contributed by atoms with Gasteiger partial charge in [0.15, 0.2) is 0 Å². The van der Waals surface area contributed by atoms with Crippen LogP contribution in [0.15, 0.2) is 40.9 Å². The van der Waals surface area contributed by atoms with Crippen molar-refractivity contribution in [3.63, 3.8) is 0 Å². The minimum Gasteiger partial charge on any atom is -0.380 e. The highest BCUT2D eigenvalue weighted by Crippen LogP contribution is 2.25. The van der Waals surface area contributed by atoms with E-state index in [0.29, 0.717) is 12.1 Å². The third-order valence-electron chi connectivity index (χ3n) is 2.62. The monoisotopic (exact) mass is 327 g/mol. The smallest absolute Gasteiger partial charge is 0.146 e. The molecule has 0 bridgehead atoms. The van der Waals surface area contributed by atoms with Gasteiger partial charge in [-0.1, -0.05) is 29.8 Å². The van der Waals surface area contributed by atoms with Crippen LogP contribution >= 0.6 is 27.5 Å². The molecule has 0 aromatic heterocycles. The van der Waals surface area contributed by atoms with Crippen LogP contribution in [0.3, 0.4) is 0 Å². The van der Waals surface area contributed by atoms with Crippen LogP contribution in [0.2, 0.25) is 5.02 Å². The first-order valence-electron chi connectivity index (χ1n) is 5.51. The third kappa shape index (κ3) is 3.03. The van der Waals surface area contributed by atoms with Crippen molar-refractivity contribution in [3.8, 4) is 0 Å². The standard InChI is InChI=1S/C14H12BrClFN/c1-9-5-6-11(15)13(7-9)18-8-10-3-2-4-12(16)14(10)17/h2-7,18H,8H2,1H3. The van der Waals surface area contributed by atoms with E-state index in [9.17, 15) is 4.39 Å². The summed E-state index contributed by atoms with van der Waals surface area (Å²) in [5.41, 5.74) is 2.64. The zero-order valence-corrected chi connectivity index (χ0v) is 12.1. The lowest BCUT2D eigenvalue weighted by atomic mass is 10.2. The Morgan fingerprint density at radius 2 is 2.06 bits per heavy atom. The zero-order valence-electron chi connectivity index (χ0n) is 9.81. The number of aryl methyl sites for hydroxylation is 1. The molecule has 0 saturated heterocycles. The molecule has 1 N–H and O–H groups in total. The lowest BCUT2D eigenvalue weighted by Crippen LogP contribution is -2.02. The number of anilines is 1. The maximum absolute atomic E-state index is 13.7. The number of hydrogen-bond donors (Lipinski definition) is 1. The summed E-state index contributed by atoms with van der Waals surface area (Å²) < 4.78 is 14.7. The molecule has 0 heterocycles. The molecule has 0 unspecified atom stereocenters. The third-order valence-corrected chi connectivity index (χ3v) is 3.61. The molecule has 0 aliphatic rings. The van der Waals surface area contributed by atoms with E-state index in [1.54, 1.807) is 18.2 Å². The Bertz CT molecular complexity index is 570. The van der Waals surface area contributed by atoms with Gasteiger partial charge in [0.1, 0.15) is 5.82 Å². The van der Waals surface area contributed by atoms with Gasteiger partial charge in [-0.3, -0.25) is 0 Å². The van der Waals surface area contributed by atoms with Crippen molar-refractivity contribution in [1.82, 2.24) is 0 Å². The summed E-state index contributed by atoms with van der Waals surface area (Å²) >= 11 is 9.19. The minimum absolute atomic E-state index is 0.151. The molecule has 2 rings (SSSR count). The van der Waals surface area contributed by atoms with Crippen molar-refractivity contribution < 1.29 is 4.39 Å². The van der Waals surface area contributed by atoms with Crippen molar-refractivity contribution in [3.05, 3.63) is 62.8 Å². The molecule has 0 fully saturated rings. The fourth-order valence-electron chi connectivity index (χ4n) is 1.65. The molecular weight excluding hydrogens is 317 g/mol. The number of halogens is 3. The largest absolute Gasteiger partial charge is 0.380 e. The van der Waals surface area contributed by atoms with E-state index in [-0.39, 0.29) is 10.8 Å². The van der Waals surface area contributed by atoms with Crippen LogP contribution in [-0.2, 0) is 6.54 Å². The normalized spacial score (nSPS) is 10.4. The molecule has 4 heteroatoms. The van der Waals surface area contributed by atoms with Crippen molar-refractivity contribution in [2.45, 2.75) is 13.5 Å². The summed E-state index contributed by atoms with van der Waals surface area (Å²) in [5.74, 6) is -0.365. The molecule has 0 amide bonds. The second-order valence-corrected chi connectivity index (χ2v) is 5.31. The van der Waals surface area contributed by atoms with Gasteiger partial charge in [0, 0.05) is 22.3 Å². The molecule has 94 valence electrons. The van der Waals surface area contributed by atoms with Crippen LogP contribution in [0.5, 0.6) is 0 Å². The Morgan fingerprint density at radius 1 is 1.28 bits per heavy atom. The number of rotatable bonds is 3. The van der Waals surface area contributed by atoms with Crippen LogP contribution in [-0.4, -0.2) is 0 Å². The SMILES string of the molecule is Cc1ccc(Br)c(NCc2cccc(Cl)c2F)c1. The summed E-state index contributed by atoms with van der Waals surface area (Å²) in [5, 5.41) is 3.34. The maximum Gasteiger partial charge on any atom is 0.146 e. The quantitative estimate of drug-likeness (QED) is 0.820. The highest BCUT2D eigenvalue weighted by atomic mass is 79.9. The van der Waals surface area contributed by atoms with E-state index in [2.05, 4.69) is 21.2 Å². The van der Waals surface area contributed by atoms with Gasteiger partial charge in [-0.2, -0.15) is 0 Å². The van der Waals surface area contributed by atoms with Gasteiger partial charge >= 0.3 is 0 Å². The average Bonchev–Trinajstić information content (AvgIpc) is 2.35. The first kappa shape index (κ1) is 13.4. The van der Waals surface area contributed by atoms with Crippen LogP contribution in [0, 0.1) is 12.7 Å². The van der Waals surface area contributed by atoms with Gasteiger partial charge in [-0.25, -0.2) is 4.39 Å². The molecule has 18 heavy (non-hydrogen) atoms. The molecule has 0 saturated carbocycles. The van der Waals surface area contributed by atoms with E-state index in [4.69, 9.17) is 11.6 Å². The van der Waals surface area contributed by atoms with Crippen molar-refractivity contribution in [2.75, 3.05) is 5.32 Å². The number of hydrogen-bond acceptors (Lipinski definition) is 1. The van der Waals surface area contributed by atoms with Crippen LogP contribution < -0.4 is 5.32 Å². The maximum atomic E-state index is 13.7. The first-order chi connectivity index (χ1) is 8.58. The summed E-state index contributed by atoms with van der Waals surface area (Å²) in [6.07, 6.45) is 0. The van der Waals surface area contributed by atoms with Gasteiger partial charge in [0.25, 0.3) is 0 Å². The molecule has 0 radical (unpaired) electrons. The predicted octanol–water partition coefficient (Wildman–Crippen LogP) is 5.16. The average molecular weight is 329 g/mol. The summed E-state index contributed by atoms with van der Waals surface area (Å²) in [7, 11) is 0. The van der Waals surface area contributed by atoms with E-state index in [1.165, 1.54) is 0 Å². The Labute approximate surface area is 119 Å². The van der Waals surface area contributed by atoms with Crippen molar-refractivity contribution in [2.24, 2.45) is 0 Å². The second-order valence-electron chi connectivity index (χ2n) is 4.05. The molecule has 0 aliphatic heterocycles. The minimum atomic E-state index is -0.365. The molecule has 0 aliphatic carbocycles. The topological polar surface area (TPSA) is 12.0 Å². The van der Waals surface area contributed by atoms with E-state index < -0.39 is 0 Å². The molecule has 0 atom stereocenters. The Morgan fingerprint density at radius 3 is 2.83 bits per heavy atom. The zero-order chi connectivity index (χ0) is 13.1. The molecular formula is C14H12BrClFN. The van der Waals surface area contributed by atoms with Gasteiger partial charge in [-0.05, 0) is 46.6 Å². The van der Waals surface area contributed by atoms with E-state index in [0.717, 1.165) is 15.7 Å². The van der Waals surface area contributed by atoms with Gasteiger partial charge in [0.2, 0.25) is 0 Å². The van der Waals surface area contributed by atoms with Crippen molar-refractivity contribution >= 4 is 33.2 Å². The highest BCUT2D eigenvalue weighted by Gasteiger charge is 2.06. The Hall–Kier alpha value is -1.06. The lowest BCUT2D eigenvalue weighted by Gasteiger charge is -2.10. The van der Waals surface area contributed by atoms with E-state index in [1.807, 2.05) is 25.1 Å². The molecule has 0 spiro atoms. The Kier molecular flexibility index (Phi) is 4.25.